The van der Waals surface area contributed by atoms with E-state index < -0.39 is 0 Å². The molecule has 2 rings (SSSR count). The lowest BCUT2D eigenvalue weighted by molar-refractivity contribution is -0.126. The first-order chi connectivity index (χ1) is 8.13. The largest absolute Gasteiger partial charge is 0.361 e. The third-order valence-electron chi connectivity index (χ3n) is 3.82. The van der Waals surface area contributed by atoms with Gasteiger partial charge in [0.2, 0.25) is 5.91 Å². The maximum absolute atomic E-state index is 11.4. The molecule has 0 radical (unpaired) electrons. The zero-order valence-electron chi connectivity index (χ0n) is 10.3. The summed E-state index contributed by atoms with van der Waals surface area (Å²) in [6, 6.07) is 0. The first-order valence-electron chi connectivity index (χ1n) is 6.06. The van der Waals surface area contributed by atoms with Crippen LogP contribution in [-0.4, -0.2) is 11.1 Å². The van der Waals surface area contributed by atoms with E-state index in [9.17, 15) is 4.79 Å². The van der Waals surface area contributed by atoms with Crippen molar-refractivity contribution >= 4 is 5.91 Å². The summed E-state index contributed by atoms with van der Waals surface area (Å²) in [5, 5.41) is 4.13. The SMILES string of the molecule is Cc1onc(C2CCC(C(=O)NN)CC2)c1C. The normalized spacial score (nSPS) is 24.6. The summed E-state index contributed by atoms with van der Waals surface area (Å²) in [6.07, 6.45) is 3.70. The minimum absolute atomic E-state index is 0.0449. The van der Waals surface area contributed by atoms with Gasteiger partial charge in [-0.25, -0.2) is 5.84 Å². The summed E-state index contributed by atoms with van der Waals surface area (Å²) >= 11 is 0. The quantitative estimate of drug-likeness (QED) is 0.464. The molecule has 0 aromatic carbocycles. The smallest absolute Gasteiger partial charge is 0.236 e. The van der Waals surface area contributed by atoms with Crippen LogP contribution in [-0.2, 0) is 4.79 Å². The molecule has 1 aliphatic rings. The number of aryl methyl sites for hydroxylation is 1. The number of nitrogens with two attached hydrogens (primary N) is 1. The van der Waals surface area contributed by atoms with Gasteiger partial charge in [0.25, 0.3) is 0 Å². The average molecular weight is 237 g/mol. The van der Waals surface area contributed by atoms with E-state index in [1.54, 1.807) is 0 Å². The van der Waals surface area contributed by atoms with Crippen molar-refractivity contribution in [2.75, 3.05) is 0 Å². The molecule has 1 aromatic rings. The highest BCUT2D eigenvalue weighted by Crippen LogP contribution is 2.36. The maximum atomic E-state index is 11.4. The van der Waals surface area contributed by atoms with Crippen molar-refractivity contribution in [1.29, 1.82) is 0 Å². The van der Waals surface area contributed by atoms with E-state index in [0.29, 0.717) is 5.92 Å². The van der Waals surface area contributed by atoms with E-state index in [4.69, 9.17) is 10.4 Å². The molecule has 1 saturated carbocycles. The highest BCUT2D eigenvalue weighted by atomic mass is 16.5. The van der Waals surface area contributed by atoms with Crippen LogP contribution in [0.4, 0.5) is 0 Å². The van der Waals surface area contributed by atoms with Crippen molar-refractivity contribution in [2.24, 2.45) is 11.8 Å². The van der Waals surface area contributed by atoms with Gasteiger partial charge in [-0.2, -0.15) is 0 Å². The molecule has 0 saturated heterocycles. The van der Waals surface area contributed by atoms with Crippen molar-refractivity contribution in [3.63, 3.8) is 0 Å². The van der Waals surface area contributed by atoms with Crippen LogP contribution in [0.5, 0.6) is 0 Å². The lowest BCUT2D eigenvalue weighted by Gasteiger charge is -2.26. The fourth-order valence-electron chi connectivity index (χ4n) is 2.56. The Morgan fingerprint density at radius 3 is 2.47 bits per heavy atom. The molecule has 1 heterocycles. The van der Waals surface area contributed by atoms with Gasteiger partial charge in [-0.05, 0) is 39.5 Å². The van der Waals surface area contributed by atoms with Gasteiger partial charge in [-0.1, -0.05) is 5.16 Å². The highest BCUT2D eigenvalue weighted by molar-refractivity contribution is 5.78. The van der Waals surface area contributed by atoms with Gasteiger partial charge in [0.05, 0.1) is 5.69 Å². The van der Waals surface area contributed by atoms with E-state index >= 15 is 0 Å². The minimum atomic E-state index is -0.0449. The Morgan fingerprint density at radius 1 is 1.35 bits per heavy atom. The Bertz CT molecular complexity index is 406. The molecule has 0 spiro atoms. The van der Waals surface area contributed by atoms with Crippen molar-refractivity contribution in [3.8, 4) is 0 Å². The molecule has 3 N–H and O–H groups in total. The van der Waals surface area contributed by atoms with Gasteiger partial charge in [-0.3, -0.25) is 10.2 Å². The van der Waals surface area contributed by atoms with E-state index in [1.165, 1.54) is 0 Å². The first-order valence-corrected chi connectivity index (χ1v) is 6.06. The number of carbonyl (C=O) groups excluding carboxylic acids is 1. The summed E-state index contributed by atoms with van der Waals surface area (Å²) in [7, 11) is 0. The number of carbonyl (C=O) groups is 1. The topological polar surface area (TPSA) is 81.2 Å². The van der Waals surface area contributed by atoms with Crippen LogP contribution in [0.1, 0.15) is 48.6 Å². The Balaban J connectivity index is 2.00. The van der Waals surface area contributed by atoms with Crippen LogP contribution in [0.15, 0.2) is 4.52 Å². The second-order valence-corrected chi connectivity index (χ2v) is 4.81. The number of nitrogens with zero attached hydrogens (tertiary/aromatic N) is 1. The lowest BCUT2D eigenvalue weighted by atomic mass is 9.79. The summed E-state index contributed by atoms with van der Waals surface area (Å²) in [4.78, 5) is 11.4. The molecule has 1 aliphatic carbocycles. The highest BCUT2D eigenvalue weighted by Gasteiger charge is 2.29. The summed E-state index contributed by atoms with van der Waals surface area (Å²) in [5.74, 6) is 6.48. The zero-order valence-corrected chi connectivity index (χ0v) is 10.3. The third kappa shape index (κ3) is 2.34. The van der Waals surface area contributed by atoms with E-state index in [-0.39, 0.29) is 11.8 Å². The van der Waals surface area contributed by atoms with Crippen molar-refractivity contribution in [2.45, 2.75) is 45.4 Å². The minimum Gasteiger partial charge on any atom is -0.361 e. The van der Waals surface area contributed by atoms with Crippen molar-refractivity contribution in [1.82, 2.24) is 10.6 Å². The Kier molecular flexibility index (Phi) is 3.47. The number of amides is 1. The second kappa shape index (κ2) is 4.87. The van der Waals surface area contributed by atoms with Crippen molar-refractivity contribution in [3.05, 3.63) is 17.0 Å². The standard InChI is InChI=1S/C12H19N3O2/c1-7-8(2)17-15-11(7)9-3-5-10(6-4-9)12(16)14-13/h9-10H,3-6,13H2,1-2H3,(H,14,16). The van der Waals surface area contributed by atoms with Crippen LogP contribution in [0.25, 0.3) is 0 Å². The van der Waals surface area contributed by atoms with Crippen LogP contribution in [0.3, 0.4) is 0 Å². The van der Waals surface area contributed by atoms with E-state index in [2.05, 4.69) is 10.6 Å². The van der Waals surface area contributed by atoms with E-state index in [1.807, 2.05) is 13.8 Å². The number of hydrogen-bond acceptors (Lipinski definition) is 4. The van der Waals surface area contributed by atoms with Gasteiger partial charge < -0.3 is 4.52 Å². The molecule has 17 heavy (non-hydrogen) atoms. The zero-order chi connectivity index (χ0) is 12.4. The number of hydrogen-bond donors (Lipinski definition) is 2. The van der Waals surface area contributed by atoms with E-state index in [0.717, 1.165) is 42.7 Å². The van der Waals surface area contributed by atoms with Gasteiger partial charge in [0.15, 0.2) is 0 Å². The molecule has 1 fully saturated rings. The van der Waals surface area contributed by atoms with Crippen LogP contribution in [0, 0.1) is 19.8 Å². The van der Waals surface area contributed by atoms with Gasteiger partial charge in [0, 0.05) is 17.4 Å². The molecule has 5 heteroatoms. The van der Waals surface area contributed by atoms with Crippen LogP contribution in [0.2, 0.25) is 0 Å². The van der Waals surface area contributed by atoms with Gasteiger partial charge in [0.1, 0.15) is 5.76 Å². The fourth-order valence-corrected chi connectivity index (χ4v) is 2.56. The molecule has 94 valence electrons. The molecule has 0 unspecified atom stereocenters. The predicted octanol–water partition coefficient (Wildman–Crippen LogP) is 1.56. The number of hydrazine groups is 1. The number of aromatic nitrogens is 1. The molecule has 1 aromatic heterocycles. The lowest BCUT2D eigenvalue weighted by Crippen LogP contribution is -2.37. The fraction of sp³-hybridized carbons (Fsp3) is 0.667. The Hall–Kier alpha value is -1.36. The summed E-state index contributed by atoms with van der Waals surface area (Å²) in [5.41, 5.74) is 4.45. The number of nitrogens with one attached hydrogen (secondary N) is 1. The summed E-state index contributed by atoms with van der Waals surface area (Å²) in [6.45, 7) is 3.97. The second-order valence-electron chi connectivity index (χ2n) is 4.81. The van der Waals surface area contributed by atoms with Crippen molar-refractivity contribution < 1.29 is 9.32 Å². The third-order valence-corrected chi connectivity index (χ3v) is 3.82. The van der Waals surface area contributed by atoms with Crippen LogP contribution >= 0.6 is 0 Å². The Labute approximate surface area is 101 Å². The molecule has 0 bridgehead atoms. The molecule has 1 amide bonds. The molecular formula is C12H19N3O2. The molecule has 0 aliphatic heterocycles. The molecule has 0 atom stereocenters. The van der Waals surface area contributed by atoms with Gasteiger partial charge >= 0.3 is 0 Å². The summed E-state index contributed by atoms with van der Waals surface area (Å²) < 4.78 is 5.19. The molecular weight excluding hydrogens is 218 g/mol. The van der Waals surface area contributed by atoms with Gasteiger partial charge in [-0.15, -0.1) is 0 Å². The predicted molar refractivity (Wildman–Crippen MR) is 63.0 cm³/mol. The molecule has 5 nitrogen and oxygen atoms in total. The first kappa shape index (κ1) is 12.1. The number of rotatable bonds is 2. The van der Waals surface area contributed by atoms with Crippen LogP contribution < -0.4 is 11.3 Å². The maximum Gasteiger partial charge on any atom is 0.236 e. The average Bonchev–Trinajstić information content (AvgIpc) is 2.69. The monoisotopic (exact) mass is 237 g/mol. The Morgan fingerprint density at radius 2 is 2.00 bits per heavy atom.